The van der Waals surface area contributed by atoms with Gasteiger partial charge in [0.2, 0.25) is 17.7 Å². The summed E-state index contributed by atoms with van der Waals surface area (Å²) in [5.74, 6) is -1.07. The van der Waals surface area contributed by atoms with Crippen molar-refractivity contribution in [3.05, 3.63) is 49.6 Å². The molecule has 11 heteroatoms. The summed E-state index contributed by atoms with van der Waals surface area (Å²) in [5, 5.41) is 10.5. The normalized spacial score (nSPS) is 29.3. The molecule has 2 bridgehead atoms. The Bertz CT molecular complexity index is 1280. The number of carbonyl (C=O) groups is 3. The summed E-state index contributed by atoms with van der Waals surface area (Å²) >= 11 is 1.65. The third kappa shape index (κ3) is 6.11. The molecule has 46 heavy (non-hydrogen) atoms. The molecule has 4 aliphatic heterocycles. The largest absolute Gasteiger partial charge is 0.494 e. The molecular formula is C35H50N4O6S. The number of morpholine rings is 1. The lowest BCUT2D eigenvalue weighted by Gasteiger charge is -2.40. The Morgan fingerprint density at radius 3 is 2.43 bits per heavy atom. The van der Waals surface area contributed by atoms with Crippen molar-refractivity contribution in [2.24, 2.45) is 11.8 Å². The third-order valence-corrected chi connectivity index (χ3v) is 12.3. The van der Waals surface area contributed by atoms with E-state index in [1.807, 2.05) is 43.0 Å². The van der Waals surface area contributed by atoms with E-state index in [2.05, 4.69) is 25.0 Å². The molecule has 4 heterocycles. The number of thioether (sulfide) groups is 1. The summed E-state index contributed by atoms with van der Waals surface area (Å²) in [6.45, 7) is 18.9. The summed E-state index contributed by atoms with van der Waals surface area (Å²) in [6, 6.07) is 6.10. The average Bonchev–Trinajstić information content (AvgIpc) is 3.64. The Hall–Kier alpha value is -2.86. The third-order valence-electron chi connectivity index (χ3n) is 10.3. The Morgan fingerprint density at radius 1 is 1.13 bits per heavy atom. The summed E-state index contributed by atoms with van der Waals surface area (Å²) in [4.78, 5) is 51.7. The topological polar surface area (TPSA) is 103 Å². The number of nitrogens with zero attached hydrogens (tertiary/aromatic N) is 4. The van der Waals surface area contributed by atoms with Gasteiger partial charge in [-0.25, -0.2) is 0 Å². The highest BCUT2D eigenvalue weighted by molar-refractivity contribution is 8.02. The predicted octanol–water partition coefficient (Wildman–Crippen LogP) is 3.20. The molecule has 2 unspecified atom stereocenters. The summed E-state index contributed by atoms with van der Waals surface area (Å²) in [7, 11) is 0. The van der Waals surface area contributed by atoms with Crippen molar-refractivity contribution in [2.75, 3.05) is 70.6 Å². The molecule has 0 saturated carbocycles. The van der Waals surface area contributed by atoms with Gasteiger partial charge in [-0.15, -0.1) is 24.9 Å². The van der Waals surface area contributed by atoms with E-state index < -0.39 is 33.4 Å². The van der Waals surface area contributed by atoms with Gasteiger partial charge in [0.1, 0.15) is 11.8 Å². The number of hydrogen-bond acceptors (Lipinski definition) is 8. The van der Waals surface area contributed by atoms with E-state index in [-0.39, 0.29) is 30.9 Å². The van der Waals surface area contributed by atoms with E-state index in [1.165, 1.54) is 0 Å². The highest BCUT2D eigenvalue weighted by Gasteiger charge is 2.78. The van der Waals surface area contributed by atoms with Crippen LogP contribution in [0.3, 0.4) is 0 Å². The second-order valence-corrected chi connectivity index (χ2v) is 14.8. The summed E-state index contributed by atoms with van der Waals surface area (Å²) in [6.07, 6.45) is 5.29. The zero-order chi connectivity index (χ0) is 33.1. The molecule has 1 N–H and O–H groups in total. The number of benzene rings is 1. The standard InChI is InChI=1S/C35H50N4O6S/c1-6-16-37(19-18-36-20-22-44-23-21-36)33(43)30-35-15-14-34(5,46-35)28(29(35)32(42)39(30)25(8-3)24-40)31(41)38(17-7-2)26-10-12-27(13-11-26)45-9-4/h6-7,10-13,25,28-30,40H,1-2,8-9,14-24H2,3-5H3/t25-,28-,29-,30?,34+,35?/m0/s1. The molecule has 4 aliphatic rings. The molecule has 0 radical (unpaired) electrons. The minimum Gasteiger partial charge on any atom is -0.494 e. The number of likely N-dealkylation sites (tertiary alicyclic amines) is 1. The van der Waals surface area contributed by atoms with Crippen LogP contribution in [0.5, 0.6) is 5.75 Å². The maximum absolute atomic E-state index is 14.8. The fourth-order valence-corrected chi connectivity index (χ4v) is 10.4. The molecule has 4 saturated heterocycles. The first kappa shape index (κ1) is 34.5. The number of aliphatic hydroxyl groups is 1. The summed E-state index contributed by atoms with van der Waals surface area (Å²) in [5.41, 5.74) is 0.704. The van der Waals surface area contributed by atoms with E-state index in [4.69, 9.17) is 9.47 Å². The molecule has 10 nitrogen and oxygen atoms in total. The lowest BCUT2D eigenvalue weighted by atomic mass is 9.66. The van der Waals surface area contributed by atoms with Gasteiger partial charge in [0, 0.05) is 49.7 Å². The van der Waals surface area contributed by atoms with Gasteiger partial charge in [-0.05, 0) is 57.4 Å². The fourth-order valence-electron chi connectivity index (χ4n) is 8.04. The molecule has 252 valence electrons. The minimum absolute atomic E-state index is 0.129. The first-order valence-electron chi connectivity index (χ1n) is 16.7. The predicted molar refractivity (Wildman–Crippen MR) is 181 cm³/mol. The number of rotatable bonds is 15. The number of carbonyl (C=O) groups excluding carboxylic acids is 3. The number of amides is 3. The van der Waals surface area contributed by atoms with Crippen molar-refractivity contribution in [1.29, 1.82) is 0 Å². The SMILES string of the molecule is C=CCN(CCN1CCOCC1)C(=O)C1N([C@@H](CC)CO)C(=O)[C@@H]2[C@@H](C(=O)N(CC=C)c3ccc(OCC)cc3)[C@@]3(C)CCC12S3. The molecule has 6 atom stereocenters. The molecule has 0 aromatic heterocycles. The molecule has 5 rings (SSSR count). The van der Waals surface area contributed by atoms with Crippen LogP contribution in [0.2, 0.25) is 0 Å². The van der Waals surface area contributed by atoms with Crippen molar-refractivity contribution < 1.29 is 29.0 Å². The number of fused-ring (bicyclic) bond motifs is 1. The van der Waals surface area contributed by atoms with Crippen LogP contribution >= 0.6 is 11.8 Å². The first-order valence-corrected chi connectivity index (χ1v) is 17.5. The monoisotopic (exact) mass is 654 g/mol. The minimum atomic E-state index is -0.783. The number of hydrogen-bond donors (Lipinski definition) is 1. The van der Waals surface area contributed by atoms with Gasteiger partial charge in [0.15, 0.2) is 0 Å². The average molecular weight is 655 g/mol. The van der Waals surface area contributed by atoms with Crippen LogP contribution in [0, 0.1) is 11.8 Å². The second kappa shape index (κ2) is 14.5. The Kier molecular flexibility index (Phi) is 10.9. The van der Waals surface area contributed by atoms with Crippen molar-refractivity contribution >= 4 is 35.2 Å². The number of anilines is 1. The van der Waals surface area contributed by atoms with Crippen LogP contribution in [-0.4, -0.2) is 125 Å². The molecule has 4 fully saturated rings. The van der Waals surface area contributed by atoms with Crippen LogP contribution in [0.15, 0.2) is 49.6 Å². The van der Waals surface area contributed by atoms with E-state index >= 15 is 0 Å². The van der Waals surface area contributed by atoms with Crippen LogP contribution in [-0.2, 0) is 19.1 Å². The molecule has 1 aromatic carbocycles. The quantitative estimate of drug-likeness (QED) is 0.288. The number of aliphatic hydroxyl groups excluding tert-OH is 1. The van der Waals surface area contributed by atoms with Crippen molar-refractivity contribution in [3.8, 4) is 5.75 Å². The Morgan fingerprint density at radius 2 is 1.83 bits per heavy atom. The molecule has 3 amide bonds. The van der Waals surface area contributed by atoms with Crippen molar-refractivity contribution in [3.63, 3.8) is 0 Å². The van der Waals surface area contributed by atoms with Gasteiger partial charge < -0.3 is 29.3 Å². The van der Waals surface area contributed by atoms with Crippen LogP contribution < -0.4 is 9.64 Å². The van der Waals surface area contributed by atoms with Gasteiger partial charge in [-0.2, -0.15) is 0 Å². The Balaban J connectivity index is 1.51. The molecule has 0 aliphatic carbocycles. The van der Waals surface area contributed by atoms with E-state index in [0.29, 0.717) is 70.2 Å². The van der Waals surface area contributed by atoms with Gasteiger partial charge >= 0.3 is 0 Å². The molecule has 1 spiro atoms. The highest BCUT2D eigenvalue weighted by atomic mass is 32.2. The summed E-state index contributed by atoms with van der Waals surface area (Å²) < 4.78 is 9.82. The maximum Gasteiger partial charge on any atom is 0.247 e. The highest BCUT2D eigenvalue weighted by Crippen LogP contribution is 2.72. The second-order valence-electron chi connectivity index (χ2n) is 12.9. The van der Waals surface area contributed by atoms with Crippen molar-refractivity contribution in [1.82, 2.24) is 14.7 Å². The van der Waals surface area contributed by atoms with Gasteiger partial charge in [0.25, 0.3) is 0 Å². The van der Waals surface area contributed by atoms with Crippen LogP contribution in [0.25, 0.3) is 0 Å². The van der Waals surface area contributed by atoms with Crippen LogP contribution in [0.4, 0.5) is 5.69 Å². The smallest absolute Gasteiger partial charge is 0.247 e. The van der Waals surface area contributed by atoms with E-state index in [1.54, 1.807) is 33.7 Å². The van der Waals surface area contributed by atoms with Gasteiger partial charge in [0.05, 0.1) is 49.1 Å². The molecular weight excluding hydrogens is 604 g/mol. The molecule has 1 aromatic rings. The van der Waals surface area contributed by atoms with E-state index in [0.717, 1.165) is 13.1 Å². The van der Waals surface area contributed by atoms with Crippen LogP contribution in [0.1, 0.15) is 40.0 Å². The first-order chi connectivity index (χ1) is 22.2. The van der Waals surface area contributed by atoms with Gasteiger partial charge in [-0.3, -0.25) is 19.3 Å². The van der Waals surface area contributed by atoms with E-state index in [9.17, 15) is 19.5 Å². The fraction of sp³-hybridized carbons (Fsp3) is 0.629. The Labute approximate surface area is 277 Å². The van der Waals surface area contributed by atoms with Gasteiger partial charge in [-0.1, -0.05) is 19.1 Å². The maximum atomic E-state index is 14.8. The lowest BCUT2D eigenvalue weighted by Crippen LogP contribution is -2.58. The zero-order valence-electron chi connectivity index (χ0n) is 27.6. The zero-order valence-corrected chi connectivity index (χ0v) is 28.4. The lowest BCUT2D eigenvalue weighted by molar-refractivity contribution is -0.146. The van der Waals surface area contributed by atoms with Crippen molar-refractivity contribution in [2.45, 2.75) is 61.6 Å². The number of ether oxygens (including phenoxy) is 2.